The summed E-state index contributed by atoms with van der Waals surface area (Å²) in [5.74, 6) is 0.686. The van der Waals surface area contributed by atoms with Crippen molar-refractivity contribution in [3.63, 3.8) is 0 Å². The van der Waals surface area contributed by atoms with Gasteiger partial charge in [-0.3, -0.25) is 4.79 Å². The molecule has 1 rings (SSSR count). The molecule has 6 heteroatoms. The van der Waals surface area contributed by atoms with E-state index in [4.69, 9.17) is 14.8 Å². The minimum atomic E-state index is -1.93. The van der Waals surface area contributed by atoms with Gasteiger partial charge in [0, 0.05) is 4.90 Å². The molecule has 0 atom stereocenters. The monoisotopic (exact) mass is 212 g/mol. The molecule has 0 heterocycles. The molecule has 2 N–H and O–H groups in total. The quantitative estimate of drug-likeness (QED) is 0.577. The summed E-state index contributed by atoms with van der Waals surface area (Å²) in [7, 11) is -0.382. The third kappa shape index (κ3) is 3.06. The van der Waals surface area contributed by atoms with Crippen molar-refractivity contribution in [3.8, 4) is 5.75 Å². The summed E-state index contributed by atoms with van der Waals surface area (Å²) in [6.45, 7) is 0. The number of benzene rings is 1. The summed E-state index contributed by atoms with van der Waals surface area (Å²) in [6.07, 6.45) is 0. The molecule has 0 fully saturated rings. The number of carbonyl (C=O) groups is 1. The summed E-state index contributed by atoms with van der Waals surface area (Å²) >= 11 is 0.776. The van der Waals surface area contributed by atoms with Crippen molar-refractivity contribution in [3.05, 3.63) is 24.3 Å². The highest BCUT2D eigenvalue weighted by Crippen LogP contribution is 2.22. The molecule has 0 spiro atoms. The zero-order valence-electron chi connectivity index (χ0n) is 7.51. The van der Waals surface area contributed by atoms with E-state index in [1.807, 2.05) is 0 Å². The van der Waals surface area contributed by atoms with Crippen molar-refractivity contribution in [2.45, 2.75) is 4.90 Å². The molecule has 0 aliphatic rings. The highest BCUT2D eigenvalue weighted by atomic mass is 32.2. The summed E-state index contributed by atoms with van der Waals surface area (Å²) < 4.78 is 4.93. The molecule has 0 aromatic heterocycles. The van der Waals surface area contributed by atoms with Gasteiger partial charge in [-0.05, 0) is 24.3 Å². The first kappa shape index (κ1) is 11.1. The van der Waals surface area contributed by atoms with E-state index in [1.165, 1.54) is 0 Å². The predicted octanol–water partition coefficient (Wildman–Crippen LogP) is 0.962. The highest BCUT2D eigenvalue weighted by molar-refractivity contribution is 8.16. The van der Waals surface area contributed by atoms with Crippen LogP contribution in [0.5, 0.6) is 5.75 Å². The zero-order chi connectivity index (χ0) is 10.6. The third-order valence-corrected chi connectivity index (χ3v) is 2.41. The van der Waals surface area contributed by atoms with Crippen LogP contribution in [0.15, 0.2) is 29.2 Å². The fourth-order valence-corrected chi connectivity index (χ4v) is 1.42. The molecule has 0 unspecified atom stereocenters. The van der Waals surface area contributed by atoms with Gasteiger partial charge in [-0.15, -0.1) is 0 Å². The molecule has 0 amide bonds. The van der Waals surface area contributed by atoms with Gasteiger partial charge in [0.15, 0.2) is 0 Å². The SMILES string of the molecule is COc1ccc(SC(=O)B(O)O)cc1. The van der Waals surface area contributed by atoms with Gasteiger partial charge in [-0.2, -0.15) is 0 Å². The van der Waals surface area contributed by atoms with E-state index in [0.717, 1.165) is 11.8 Å². The van der Waals surface area contributed by atoms with Crippen molar-refractivity contribution < 1.29 is 19.6 Å². The minimum absolute atomic E-state index is 0.643. The molecular weight excluding hydrogens is 203 g/mol. The summed E-state index contributed by atoms with van der Waals surface area (Å²) in [5.41, 5.74) is 0. The van der Waals surface area contributed by atoms with E-state index in [9.17, 15) is 4.79 Å². The third-order valence-electron chi connectivity index (χ3n) is 1.49. The van der Waals surface area contributed by atoms with Gasteiger partial charge in [0.05, 0.1) is 7.11 Å². The van der Waals surface area contributed by atoms with Crippen LogP contribution in [0.25, 0.3) is 0 Å². The number of methoxy groups -OCH3 is 1. The number of ether oxygens (including phenoxy) is 1. The molecule has 0 radical (unpaired) electrons. The fraction of sp³-hybridized carbons (Fsp3) is 0.125. The molecule has 1 aromatic rings. The Bertz CT molecular complexity index is 312. The van der Waals surface area contributed by atoms with E-state index in [-0.39, 0.29) is 0 Å². The maximum Gasteiger partial charge on any atom is 0.539 e. The predicted molar refractivity (Wildman–Crippen MR) is 54.4 cm³/mol. The number of rotatable bonds is 3. The number of carbonyl (C=O) groups excluding carboxylic acids is 1. The lowest BCUT2D eigenvalue weighted by Crippen LogP contribution is -2.20. The molecule has 4 nitrogen and oxygen atoms in total. The van der Waals surface area contributed by atoms with Crippen molar-refractivity contribution in [2.75, 3.05) is 7.11 Å². The maximum atomic E-state index is 10.9. The van der Waals surface area contributed by atoms with Crippen LogP contribution in [0.2, 0.25) is 0 Å². The Labute approximate surface area is 86.0 Å². The molecule has 1 aromatic carbocycles. The second-order valence-corrected chi connectivity index (χ2v) is 3.55. The first-order chi connectivity index (χ1) is 6.63. The number of hydrogen-bond donors (Lipinski definition) is 2. The molecule has 0 saturated heterocycles. The highest BCUT2D eigenvalue weighted by Gasteiger charge is 2.20. The number of thioether (sulfide) groups is 1. The van der Waals surface area contributed by atoms with Gasteiger partial charge in [-0.25, -0.2) is 0 Å². The Morgan fingerprint density at radius 1 is 1.36 bits per heavy atom. The average molecular weight is 212 g/mol. The lowest BCUT2D eigenvalue weighted by atomic mass is 9.96. The lowest BCUT2D eigenvalue weighted by Gasteiger charge is -2.01. The van der Waals surface area contributed by atoms with Gasteiger partial charge < -0.3 is 14.8 Å². The summed E-state index contributed by atoms with van der Waals surface area (Å²) in [5, 5.41) is 16.4. The van der Waals surface area contributed by atoms with E-state index in [2.05, 4.69) is 0 Å². The second kappa shape index (κ2) is 5.04. The van der Waals surface area contributed by atoms with Gasteiger partial charge in [0.2, 0.25) is 5.01 Å². The molecule has 0 saturated carbocycles. The molecule has 74 valence electrons. The van der Waals surface area contributed by atoms with Crippen molar-refractivity contribution in [1.82, 2.24) is 0 Å². The van der Waals surface area contributed by atoms with Gasteiger partial charge in [0.25, 0.3) is 0 Å². The number of hydrogen-bond acceptors (Lipinski definition) is 5. The van der Waals surface area contributed by atoms with Crippen molar-refractivity contribution in [1.29, 1.82) is 0 Å². The Kier molecular flexibility index (Phi) is 4.00. The Morgan fingerprint density at radius 2 is 1.93 bits per heavy atom. The lowest BCUT2D eigenvalue weighted by molar-refractivity contribution is 0.266. The van der Waals surface area contributed by atoms with Crippen molar-refractivity contribution >= 4 is 23.9 Å². The van der Waals surface area contributed by atoms with Crippen molar-refractivity contribution in [2.24, 2.45) is 0 Å². The van der Waals surface area contributed by atoms with Gasteiger partial charge in [0.1, 0.15) is 5.75 Å². The minimum Gasteiger partial charge on any atom is -0.497 e. The van der Waals surface area contributed by atoms with Crippen LogP contribution in [-0.2, 0) is 0 Å². The molecule has 0 aliphatic carbocycles. The first-order valence-electron chi connectivity index (χ1n) is 3.85. The standard InChI is InChI=1S/C8H9BO4S/c1-13-6-2-4-7(5-3-6)14-8(10)9(11)12/h2-5,11-12H,1H3. The first-order valence-corrected chi connectivity index (χ1v) is 4.67. The Balaban J connectivity index is 2.64. The van der Waals surface area contributed by atoms with E-state index < -0.39 is 12.1 Å². The Hall–Kier alpha value is -0.975. The maximum absolute atomic E-state index is 10.9. The normalized spacial score (nSPS) is 9.64. The van der Waals surface area contributed by atoms with Gasteiger partial charge >= 0.3 is 7.12 Å². The molecular formula is C8H9BO4S. The van der Waals surface area contributed by atoms with Crippen LogP contribution in [0.4, 0.5) is 4.79 Å². The second-order valence-electron chi connectivity index (χ2n) is 2.47. The average Bonchev–Trinajstić information content (AvgIpc) is 2.19. The van der Waals surface area contributed by atoms with Crippen LogP contribution < -0.4 is 4.74 Å². The van der Waals surface area contributed by atoms with E-state index in [0.29, 0.717) is 10.6 Å². The van der Waals surface area contributed by atoms with Crippen LogP contribution in [0.3, 0.4) is 0 Å². The molecule has 0 bridgehead atoms. The summed E-state index contributed by atoms with van der Waals surface area (Å²) in [6, 6.07) is 6.73. The topological polar surface area (TPSA) is 66.8 Å². The van der Waals surface area contributed by atoms with Crippen LogP contribution in [0, 0.1) is 0 Å². The smallest absolute Gasteiger partial charge is 0.497 e. The molecule has 0 aliphatic heterocycles. The van der Waals surface area contributed by atoms with Gasteiger partial charge in [-0.1, -0.05) is 11.8 Å². The molecule has 14 heavy (non-hydrogen) atoms. The van der Waals surface area contributed by atoms with Crippen LogP contribution in [0.1, 0.15) is 0 Å². The summed E-state index contributed by atoms with van der Waals surface area (Å²) in [4.78, 5) is 11.5. The van der Waals surface area contributed by atoms with Crippen LogP contribution >= 0.6 is 11.8 Å². The van der Waals surface area contributed by atoms with Crippen LogP contribution in [-0.4, -0.2) is 29.3 Å². The Morgan fingerprint density at radius 3 is 2.36 bits per heavy atom. The largest absolute Gasteiger partial charge is 0.539 e. The van der Waals surface area contributed by atoms with E-state index >= 15 is 0 Å². The van der Waals surface area contributed by atoms with E-state index in [1.54, 1.807) is 31.4 Å². The zero-order valence-corrected chi connectivity index (χ0v) is 8.32. The fourth-order valence-electron chi connectivity index (χ4n) is 0.813.